The Hall–Kier alpha value is -1.15. The van der Waals surface area contributed by atoms with Gasteiger partial charge in [-0.25, -0.2) is 13.1 Å². The Morgan fingerprint density at radius 3 is 2.32 bits per heavy atom. The third kappa shape index (κ3) is 6.53. The van der Waals surface area contributed by atoms with Crippen LogP contribution in [-0.2, 0) is 24.3 Å². The highest BCUT2D eigenvalue weighted by Gasteiger charge is 2.25. The number of amides is 1. The highest BCUT2D eigenvalue weighted by Crippen LogP contribution is 1.99. The number of ether oxygens (including phenoxy) is 1. The van der Waals surface area contributed by atoms with Gasteiger partial charge in [0.1, 0.15) is 6.54 Å². The Kier molecular flexibility index (Phi) is 7.62. The molecule has 1 N–H and O–H groups in total. The first-order valence-corrected chi connectivity index (χ1v) is 7.78. The van der Waals surface area contributed by atoms with Crippen LogP contribution in [0.2, 0.25) is 0 Å². The number of hydrogen-bond acceptors (Lipinski definition) is 5. The summed E-state index contributed by atoms with van der Waals surface area (Å²) in [6.07, 6.45) is 0.468. The largest absolute Gasteiger partial charge is 0.468 e. The zero-order chi connectivity index (χ0) is 15.1. The summed E-state index contributed by atoms with van der Waals surface area (Å²) in [5.41, 5.74) is 0. The zero-order valence-corrected chi connectivity index (χ0v) is 12.6. The van der Waals surface area contributed by atoms with E-state index < -0.39 is 27.9 Å². The Labute approximate surface area is 114 Å². The van der Waals surface area contributed by atoms with Gasteiger partial charge in [-0.1, -0.05) is 6.92 Å². The summed E-state index contributed by atoms with van der Waals surface area (Å²) in [5.74, 6) is -1.03. The summed E-state index contributed by atoms with van der Waals surface area (Å²) >= 11 is 0. The molecule has 19 heavy (non-hydrogen) atoms. The van der Waals surface area contributed by atoms with E-state index in [9.17, 15) is 18.0 Å². The first kappa shape index (κ1) is 17.8. The van der Waals surface area contributed by atoms with E-state index in [-0.39, 0.29) is 12.3 Å². The Morgan fingerprint density at radius 1 is 1.32 bits per heavy atom. The van der Waals surface area contributed by atoms with Gasteiger partial charge >= 0.3 is 5.97 Å². The first-order chi connectivity index (χ1) is 8.77. The maximum Gasteiger partial charge on any atom is 0.325 e. The number of rotatable bonds is 8. The average Bonchev–Trinajstić information content (AvgIpc) is 2.33. The van der Waals surface area contributed by atoms with Gasteiger partial charge in [0.2, 0.25) is 15.9 Å². The molecular formula is C11H22N2O5S. The molecular weight excluding hydrogens is 272 g/mol. The number of carbonyl (C=O) groups excluding carboxylic acids is 2. The van der Waals surface area contributed by atoms with Gasteiger partial charge < -0.3 is 9.64 Å². The summed E-state index contributed by atoms with van der Waals surface area (Å²) in [6.45, 7) is 5.00. The third-order valence-electron chi connectivity index (χ3n) is 2.44. The molecule has 1 atom stereocenters. The monoisotopic (exact) mass is 294 g/mol. The van der Waals surface area contributed by atoms with Crippen LogP contribution >= 0.6 is 0 Å². The van der Waals surface area contributed by atoms with Crippen molar-refractivity contribution in [1.29, 1.82) is 0 Å². The summed E-state index contributed by atoms with van der Waals surface area (Å²) in [6, 6.07) is -0.902. The van der Waals surface area contributed by atoms with E-state index in [1.54, 1.807) is 13.8 Å². The van der Waals surface area contributed by atoms with Gasteiger partial charge in [0.15, 0.2) is 0 Å². The van der Waals surface area contributed by atoms with Crippen LogP contribution in [-0.4, -0.2) is 57.2 Å². The van der Waals surface area contributed by atoms with Crippen molar-refractivity contribution < 1.29 is 22.7 Å². The van der Waals surface area contributed by atoms with Crippen molar-refractivity contribution in [2.75, 3.05) is 26.0 Å². The molecule has 0 saturated carbocycles. The van der Waals surface area contributed by atoms with Crippen LogP contribution in [0.3, 0.4) is 0 Å². The van der Waals surface area contributed by atoms with Gasteiger partial charge in [0.25, 0.3) is 0 Å². The molecule has 0 spiro atoms. The second kappa shape index (κ2) is 8.11. The Bertz CT molecular complexity index is 407. The van der Waals surface area contributed by atoms with E-state index in [0.717, 1.165) is 0 Å². The van der Waals surface area contributed by atoms with Gasteiger partial charge in [-0.3, -0.25) is 9.59 Å². The molecule has 7 nitrogen and oxygen atoms in total. The van der Waals surface area contributed by atoms with Crippen LogP contribution in [0, 0.1) is 0 Å². The third-order valence-corrected chi connectivity index (χ3v) is 4.10. The lowest BCUT2D eigenvalue weighted by molar-refractivity contribution is -0.147. The molecule has 0 radical (unpaired) electrons. The summed E-state index contributed by atoms with van der Waals surface area (Å²) in [5, 5.41) is 0. The van der Waals surface area contributed by atoms with Gasteiger partial charge in [-0.15, -0.1) is 0 Å². The Morgan fingerprint density at radius 2 is 1.89 bits per heavy atom. The minimum absolute atomic E-state index is 0.0340. The molecule has 8 heteroatoms. The molecule has 0 fully saturated rings. The van der Waals surface area contributed by atoms with Crippen molar-refractivity contribution >= 4 is 21.9 Å². The second-order valence-corrected chi connectivity index (χ2v) is 5.96. The number of sulfonamides is 1. The SMILES string of the molecule is CCCS(=O)(=O)NC(C)C(=O)N(CC)CC(=O)OC. The van der Waals surface area contributed by atoms with E-state index in [1.807, 2.05) is 0 Å². The molecule has 0 aromatic carbocycles. The molecule has 112 valence electrons. The number of carbonyl (C=O) groups is 2. The molecule has 0 bridgehead atoms. The van der Waals surface area contributed by atoms with Crippen molar-refractivity contribution in [1.82, 2.24) is 9.62 Å². The molecule has 0 rings (SSSR count). The lowest BCUT2D eigenvalue weighted by Gasteiger charge is -2.23. The van der Waals surface area contributed by atoms with E-state index in [0.29, 0.717) is 13.0 Å². The number of likely N-dealkylation sites (N-methyl/N-ethyl adjacent to an activating group) is 1. The second-order valence-electron chi connectivity index (χ2n) is 4.09. The van der Waals surface area contributed by atoms with Crippen molar-refractivity contribution in [2.45, 2.75) is 33.2 Å². The molecule has 0 aliphatic heterocycles. The van der Waals surface area contributed by atoms with Crippen LogP contribution in [0.5, 0.6) is 0 Å². The number of nitrogens with zero attached hydrogens (tertiary/aromatic N) is 1. The zero-order valence-electron chi connectivity index (χ0n) is 11.8. The number of methoxy groups -OCH3 is 1. The van der Waals surface area contributed by atoms with E-state index in [2.05, 4.69) is 9.46 Å². The normalized spacial score (nSPS) is 12.8. The predicted octanol–water partition coefficient (Wildman–Crippen LogP) is -0.274. The minimum Gasteiger partial charge on any atom is -0.468 e. The number of hydrogen-bond donors (Lipinski definition) is 1. The van der Waals surface area contributed by atoms with Crippen molar-refractivity contribution in [3.05, 3.63) is 0 Å². The first-order valence-electron chi connectivity index (χ1n) is 6.13. The Balaban J connectivity index is 4.65. The van der Waals surface area contributed by atoms with E-state index >= 15 is 0 Å². The van der Waals surface area contributed by atoms with Crippen LogP contribution in [0.4, 0.5) is 0 Å². The van der Waals surface area contributed by atoms with E-state index in [4.69, 9.17) is 0 Å². The molecule has 0 aliphatic rings. The lowest BCUT2D eigenvalue weighted by atomic mass is 10.3. The van der Waals surface area contributed by atoms with Gasteiger partial charge in [-0.05, 0) is 20.3 Å². The number of nitrogens with one attached hydrogen (secondary N) is 1. The van der Waals surface area contributed by atoms with Crippen molar-refractivity contribution in [3.63, 3.8) is 0 Å². The van der Waals surface area contributed by atoms with Crippen molar-refractivity contribution in [3.8, 4) is 0 Å². The molecule has 0 saturated heterocycles. The summed E-state index contributed by atoms with van der Waals surface area (Å²) < 4.78 is 29.9. The molecule has 1 amide bonds. The maximum absolute atomic E-state index is 12.0. The van der Waals surface area contributed by atoms with Gasteiger partial charge in [0.05, 0.1) is 18.9 Å². The van der Waals surface area contributed by atoms with Crippen LogP contribution in [0.25, 0.3) is 0 Å². The fourth-order valence-electron chi connectivity index (χ4n) is 1.49. The predicted molar refractivity (Wildman–Crippen MR) is 70.9 cm³/mol. The molecule has 0 aromatic rings. The molecule has 1 unspecified atom stereocenters. The molecule has 0 aliphatic carbocycles. The molecule has 0 aromatic heterocycles. The summed E-state index contributed by atoms with van der Waals surface area (Å²) in [4.78, 5) is 24.4. The van der Waals surface area contributed by atoms with Crippen LogP contribution in [0.1, 0.15) is 27.2 Å². The van der Waals surface area contributed by atoms with Gasteiger partial charge in [-0.2, -0.15) is 0 Å². The quantitative estimate of drug-likeness (QED) is 0.622. The van der Waals surface area contributed by atoms with E-state index in [1.165, 1.54) is 18.9 Å². The van der Waals surface area contributed by atoms with Crippen molar-refractivity contribution in [2.24, 2.45) is 0 Å². The highest BCUT2D eigenvalue weighted by molar-refractivity contribution is 7.89. The average molecular weight is 294 g/mol. The standard InChI is InChI=1S/C11H22N2O5S/c1-5-7-19(16,17)12-9(3)11(15)13(6-2)8-10(14)18-4/h9,12H,5-8H2,1-4H3. The highest BCUT2D eigenvalue weighted by atomic mass is 32.2. The molecule has 0 heterocycles. The fourth-order valence-corrected chi connectivity index (χ4v) is 2.78. The van der Waals surface area contributed by atoms with Crippen LogP contribution in [0.15, 0.2) is 0 Å². The fraction of sp³-hybridized carbons (Fsp3) is 0.818. The number of esters is 1. The smallest absolute Gasteiger partial charge is 0.325 e. The summed E-state index contributed by atoms with van der Waals surface area (Å²) in [7, 11) is -2.24. The lowest BCUT2D eigenvalue weighted by Crippen LogP contribution is -2.48. The maximum atomic E-state index is 12.0. The minimum atomic E-state index is -3.47. The van der Waals surface area contributed by atoms with Gasteiger partial charge in [0, 0.05) is 6.54 Å². The van der Waals surface area contributed by atoms with Crippen LogP contribution < -0.4 is 4.72 Å². The topological polar surface area (TPSA) is 92.8 Å².